The summed E-state index contributed by atoms with van der Waals surface area (Å²) >= 11 is 5.99. The molecular weight excluding hydrogens is 432 g/mol. The zero-order valence-electron chi connectivity index (χ0n) is 19.2. The molecule has 0 radical (unpaired) electrons. The van der Waals surface area contributed by atoms with Crippen molar-refractivity contribution in [2.24, 2.45) is 0 Å². The van der Waals surface area contributed by atoms with Gasteiger partial charge in [-0.15, -0.1) is 0 Å². The fraction of sp³-hybridized carbons (Fsp3) is 0.417. The predicted octanol–water partition coefficient (Wildman–Crippen LogP) is 4.07. The van der Waals surface area contributed by atoms with Crippen LogP contribution in [-0.2, 0) is 16.1 Å². The lowest BCUT2D eigenvalue weighted by Gasteiger charge is -2.31. The van der Waals surface area contributed by atoms with E-state index in [0.717, 1.165) is 5.56 Å². The van der Waals surface area contributed by atoms with Crippen LogP contribution < -0.4 is 19.5 Å². The van der Waals surface area contributed by atoms with Crippen molar-refractivity contribution >= 4 is 23.4 Å². The van der Waals surface area contributed by atoms with Gasteiger partial charge in [-0.2, -0.15) is 0 Å². The second kappa shape index (κ2) is 12.2. The highest BCUT2D eigenvalue weighted by molar-refractivity contribution is 6.30. The van der Waals surface area contributed by atoms with Gasteiger partial charge in [0.1, 0.15) is 23.3 Å². The van der Waals surface area contributed by atoms with E-state index in [0.29, 0.717) is 28.7 Å². The number of benzene rings is 2. The first-order chi connectivity index (χ1) is 15.3. The largest absolute Gasteiger partial charge is 0.496 e. The van der Waals surface area contributed by atoms with Crippen LogP contribution in [0.5, 0.6) is 17.2 Å². The van der Waals surface area contributed by atoms with Gasteiger partial charge in [0.2, 0.25) is 5.91 Å². The van der Waals surface area contributed by atoms with Crippen molar-refractivity contribution in [1.29, 1.82) is 0 Å². The molecule has 174 valence electrons. The van der Waals surface area contributed by atoms with Crippen LogP contribution in [0.2, 0.25) is 5.02 Å². The molecule has 0 saturated carbocycles. The van der Waals surface area contributed by atoms with Crippen LogP contribution >= 0.6 is 11.6 Å². The van der Waals surface area contributed by atoms with E-state index >= 15 is 0 Å². The average molecular weight is 463 g/mol. The Hall–Kier alpha value is -2.93. The van der Waals surface area contributed by atoms with Gasteiger partial charge in [-0.3, -0.25) is 9.59 Å². The Morgan fingerprint density at radius 2 is 1.56 bits per heavy atom. The van der Waals surface area contributed by atoms with Crippen molar-refractivity contribution in [3.05, 3.63) is 53.1 Å². The van der Waals surface area contributed by atoms with Gasteiger partial charge in [-0.25, -0.2) is 0 Å². The van der Waals surface area contributed by atoms with Gasteiger partial charge >= 0.3 is 0 Å². The minimum absolute atomic E-state index is 0.0375. The molecular formula is C24H31ClN2O5. The lowest BCUT2D eigenvalue weighted by atomic mass is 10.1. The highest BCUT2D eigenvalue weighted by atomic mass is 35.5. The summed E-state index contributed by atoms with van der Waals surface area (Å²) in [4.78, 5) is 27.6. The van der Waals surface area contributed by atoms with Gasteiger partial charge in [0, 0.05) is 35.8 Å². The summed E-state index contributed by atoms with van der Waals surface area (Å²) in [7, 11) is 3.08. The number of hydrogen-bond donors (Lipinski definition) is 1. The maximum Gasteiger partial charge on any atom is 0.261 e. The first kappa shape index (κ1) is 25.3. The molecule has 1 atom stereocenters. The van der Waals surface area contributed by atoms with Crippen molar-refractivity contribution in [3.8, 4) is 17.2 Å². The van der Waals surface area contributed by atoms with Crippen LogP contribution in [0.25, 0.3) is 0 Å². The van der Waals surface area contributed by atoms with E-state index in [9.17, 15) is 9.59 Å². The zero-order valence-corrected chi connectivity index (χ0v) is 19.9. The van der Waals surface area contributed by atoms with Gasteiger partial charge in [0.25, 0.3) is 5.91 Å². The Labute approximate surface area is 194 Å². The van der Waals surface area contributed by atoms with E-state index < -0.39 is 6.04 Å². The van der Waals surface area contributed by atoms with E-state index in [2.05, 4.69) is 5.32 Å². The lowest BCUT2D eigenvalue weighted by molar-refractivity contribution is -0.143. The standard InChI is InChI=1S/C24H31ClN2O5/c1-6-22(24(29)26-16(2)3)27(14-17-7-9-18(25)10-8-17)23(28)15-32-21-12-19(30-4)11-20(13-21)31-5/h7-13,16,22H,6,14-15H2,1-5H3,(H,26,29)/t22-/m0/s1. The molecule has 0 fully saturated rings. The molecule has 32 heavy (non-hydrogen) atoms. The molecule has 0 unspecified atom stereocenters. The number of carbonyl (C=O) groups is 2. The topological polar surface area (TPSA) is 77.1 Å². The Kier molecular flexibility index (Phi) is 9.65. The number of halogens is 1. The average Bonchev–Trinajstić information content (AvgIpc) is 2.77. The SMILES string of the molecule is CC[C@@H](C(=O)NC(C)C)N(Cc1ccc(Cl)cc1)C(=O)COc1cc(OC)cc(OC)c1. The number of ether oxygens (including phenoxy) is 3. The number of rotatable bonds is 11. The maximum absolute atomic E-state index is 13.2. The summed E-state index contributed by atoms with van der Waals surface area (Å²) in [5.74, 6) is 1.01. The third-order valence-electron chi connectivity index (χ3n) is 4.77. The van der Waals surface area contributed by atoms with E-state index in [4.69, 9.17) is 25.8 Å². The Balaban J connectivity index is 2.24. The molecule has 0 aromatic heterocycles. The number of hydrogen-bond acceptors (Lipinski definition) is 5. The third-order valence-corrected chi connectivity index (χ3v) is 5.02. The normalized spacial score (nSPS) is 11.6. The van der Waals surface area contributed by atoms with Crippen LogP contribution in [0.3, 0.4) is 0 Å². The fourth-order valence-electron chi connectivity index (χ4n) is 3.18. The number of carbonyl (C=O) groups excluding carboxylic acids is 2. The first-order valence-electron chi connectivity index (χ1n) is 10.5. The molecule has 0 saturated heterocycles. The van der Waals surface area contributed by atoms with Crippen LogP contribution in [0, 0.1) is 0 Å². The van der Waals surface area contributed by atoms with Crippen molar-refractivity contribution in [1.82, 2.24) is 10.2 Å². The summed E-state index contributed by atoms with van der Waals surface area (Å²) in [6, 6.07) is 11.6. The summed E-state index contributed by atoms with van der Waals surface area (Å²) in [5.41, 5.74) is 0.863. The molecule has 2 aromatic rings. The van der Waals surface area contributed by atoms with Crippen molar-refractivity contribution in [3.63, 3.8) is 0 Å². The molecule has 2 amide bonds. The van der Waals surface area contributed by atoms with Gasteiger partial charge in [-0.05, 0) is 38.0 Å². The highest BCUT2D eigenvalue weighted by Gasteiger charge is 2.29. The van der Waals surface area contributed by atoms with Crippen LogP contribution in [-0.4, -0.2) is 49.6 Å². The number of methoxy groups -OCH3 is 2. The minimum atomic E-state index is -0.635. The molecule has 7 nitrogen and oxygen atoms in total. The molecule has 1 N–H and O–H groups in total. The molecule has 0 aliphatic carbocycles. The van der Waals surface area contributed by atoms with E-state index in [1.54, 1.807) is 35.2 Å². The van der Waals surface area contributed by atoms with Gasteiger partial charge in [-0.1, -0.05) is 30.7 Å². The van der Waals surface area contributed by atoms with E-state index in [1.807, 2.05) is 32.9 Å². The lowest BCUT2D eigenvalue weighted by Crippen LogP contribution is -2.51. The Morgan fingerprint density at radius 1 is 1.00 bits per heavy atom. The maximum atomic E-state index is 13.2. The summed E-state index contributed by atoms with van der Waals surface area (Å²) in [5, 5.41) is 3.50. The summed E-state index contributed by atoms with van der Waals surface area (Å²) in [6.07, 6.45) is 0.463. The van der Waals surface area contributed by atoms with Crippen LogP contribution in [0.4, 0.5) is 0 Å². The molecule has 8 heteroatoms. The highest BCUT2D eigenvalue weighted by Crippen LogP contribution is 2.27. The third kappa shape index (κ3) is 7.34. The van der Waals surface area contributed by atoms with Gasteiger partial charge < -0.3 is 24.4 Å². The number of amides is 2. The molecule has 0 spiro atoms. The molecule has 0 heterocycles. The molecule has 2 aromatic carbocycles. The van der Waals surface area contributed by atoms with E-state index in [1.165, 1.54) is 14.2 Å². The second-order valence-corrected chi connectivity index (χ2v) is 8.01. The van der Waals surface area contributed by atoms with Crippen LogP contribution in [0.15, 0.2) is 42.5 Å². The smallest absolute Gasteiger partial charge is 0.261 e. The molecule has 0 aliphatic rings. The molecule has 0 bridgehead atoms. The summed E-state index contributed by atoms with van der Waals surface area (Å²) in [6.45, 7) is 5.66. The van der Waals surface area contributed by atoms with E-state index in [-0.39, 0.29) is 31.0 Å². The second-order valence-electron chi connectivity index (χ2n) is 7.57. The molecule has 0 aliphatic heterocycles. The van der Waals surface area contributed by atoms with Crippen molar-refractivity contribution in [2.45, 2.75) is 45.8 Å². The number of nitrogens with zero attached hydrogens (tertiary/aromatic N) is 1. The zero-order chi connectivity index (χ0) is 23.7. The van der Waals surface area contributed by atoms with Crippen molar-refractivity contribution < 1.29 is 23.8 Å². The quantitative estimate of drug-likeness (QED) is 0.544. The Bertz CT molecular complexity index is 880. The molecule has 2 rings (SSSR count). The predicted molar refractivity (Wildman–Crippen MR) is 124 cm³/mol. The van der Waals surface area contributed by atoms with Gasteiger partial charge in [0.15, 0.2) is 6.61 Å². The van der Waals surface area contributed by atoms with Crippen molar-refractivity contribution in [2.75, 3.05) is 20.8 Å². The fourth-order valence-corrected chi connectivity index (χ4v) is 3.31. The Morgan fingerprint density at radius 3 is 2.06 bits per heavy atom. The van der Waals surface area contributed by atoms with Gasteiger partial charge in [0.05, 0.1) is 14.2 Å². The van der Waals surface area contributed by atoms with Crippen LogP contribution in [0.1, 0.15) is 32.8 Å². The monoisotopic (exact) mass is 462 g/mol. The number of nitrogens with one attached hydrogen (secondary N) is 1. The first-order valence-corrected chi connectivity index (χ1v) is 10.8. The minimum Gasteiger partial charge on any atom is -0.496 e. The summed E-state index contributed by atoms with van der Waals surface area (Å²) < 4.78 is 16.2.